The standard InChI is InChI=1S/C19H20N2O4S/c1-14(18-13-15-7-5-6-10-17(15)25-18)21-19(22)20-11-12-26(23,24)16-8-3-2-4-9-16/h2-10,13-14H,11-12H2,1H3,(H2,20,21,22). The highest BCUT2D eigenvalue weighted by Crippen LogP contribution is 2.23. The zero-order chi connectivity index (χ0) is 18.6. The van der Waals surface area contributed by atoms with Gasteiger partial charge in [-0.25, -0.2) is 13.2 Å². The number of para-hydroxylation sites is 1. The predicted molar refractivity (Wildman–Crippen MR) is 99.7 cm³/mol. The van der Waals surface area contributed by atoms with Crippen LogP contribution in [-0.4, -0.2) is 26.7 Å². The lowest BCUT2D eigenvalue weighted by atomic mass is 10.2. The van der Waals surface area contributed by atoms with Crippen molar-refractivity contribution in [1.29, 1.82) is 0 Å². The van der Waals surface area contributed by atoms with Crippen LogP contribution >= 0.6 is 0 Å². The normalized spacial score (nSPS) is 12.7. The van der Waals surface area contributed by atoms with Gasteiger partial charge in [-0.15, -0.1) is 0 Å². The molecule has 0 aliphatic rings. The summed E-state index contributed by atoms with van der Waals surface area (Å²) in [4.78, 5) is 12.3. The quantitative estimate of drug-likeness (QED) is 0.695. The Hall–Kier alpha value is -2.80. The largest absolute Gasteiger partial charge is 0.459 e. The number of hydrogen-bond acceptors (Lipinski definition) is 4. The second kappa shape index (κ2) is 7.61. The molecule has 0 aliphatic carbocycles. The topological polar surface area (TPSA) is 88.4 Å². The van der Waals surface area contributed by atoms with Gasteiger partial charge in [-0.2, -0.15) is 0 Å². The zero-order valence-corrected chi connectivity index (χ0v) is 15.1. The summed E-state index contributed by atoms with van der Waals surface area (Å²) in [6, 6.07) is 16.9. The number of sulfone groups is 1. The summed E-state index contributed by atoms with van der Waals surface area (Å²) >= 11 is 0. The summed E-state index contributed by atoms with van der Waals surface area (Å²) in [5, 5.41) is 6.28. The molecule has 136 valence electrons. The van der Waals surface area contributed by atoms with E-state index in [-0.39, 0.29) is 23.2 Å². The molecule has 0 radical (unpaired) electrons. The van der Waals surface area contributed by atoms with E-state index < -0.39 is 15.9 Å². The van der Waals surface area contributed by atoms with Gasteiger partial charge in [0.1, 0.15) is 11.3 Å². The van der Waals surface area contributed by atoms with E-state index in [0.29, 0.717) is 5.76 Å². The molecule has 0 fully saturated rings. The first-order valence-corrected chi connectivity index (χ1v) is 9.91. The van der Waals surface area contributed by atoms with Crippen molar-refractivity contribution in [2.24, 2.45) is 0 Å². The van der Waals surface area contributed by atoms with Crippen molar-refractivity contribution in [2.75, 3.05) is 12.3 Å². The highest BCUT2D eigenvalue weighted by Gasteiger charge is 2.16. The Balaban J connectivity index is 1.52. The molecule has 0 bridgehead atoms. The minimum absolute atomic E-state index is 0.0237. The lowest BCUT2D eigenvalue weighted by Crippen LogP contribution is -2.39. The molecule has 2 aromatic carbocycles. The van der Waals surface area contributed by atoms with Crippen molar-refractivity contribution in [1.82, 2.24) is 10.6 Å². The highest BCUT2D eigenvalue weighted by molar-refractivity contribution is 7.91. The smallest absolute Gasteiger partial charge is 0.315 e. The van der Waals surface area contributed by atoms with Gasteiger partial charge in [0.25, 0.3) is 0 Å². The van der Waals surface area contributed by atoms with Crippen LogP contribution in [0.2, 0.25) is 0 Å². The van der Waals surface area contributed by atoms with E-state index in [2.05, 4.69) is 10.6 Å². The number of fused-ring (bicyclic) bond motifs is 1. The Morgan fingerprint density at radius 1 is 1.08 bits per heavy atom. The van der Waals surface area contributed by atoms with E-state index in [0.717, 1.165) is 11.0 Å². The van der Waals surface area contributed by atoms with Crippen molar-refractivity contribution in [3.05, 3.63) is 66.4 Å². The fourth-order valence-corrected chi connectivity index (χ4v) is 3.76. The number of furan rings is 1. The molecule has 1 aromatic heterocycles. The van der Waals surface area contributed by atoms with Gasteiger partial charge >= 0.3 is 6.03 Å². The second-order valence-electron chi connectivity index (χ2n) is 5.94. The van der Waals surface area contributed by atoms with Crippen molar-refractivity contribution < 1.29 is 17.6 Å². The summed E-state index contributed by atoms with van der Waals surface area (Å²) in [7, 11) is -3.41. The number of rotatable bonds is 6. The monoisotopic (exact) mass is 372 g/mol. The molecule has 0 spiro atoms. The number of nitrogens with one attached hydrogen (secondary N) is 2. The van der Waals surface area contributed by atoms with Crippen LogP contribution in [0.4, 0.5) is 4.79 Å². The summed E-state index contributed by atoms with van der Waals surface area (Å²) in [6.07, 6.45) is 0. The van der Waals surface area contributed by atoms with Crippen LogP contribution in [0.15, 0.2) is 70.0 Å². The zero-order valence-electron chi connectivity index (χ0n) is 14.3. The molecule has 6 nitrogen and oxygen atoms in total. The fourth-order valence-electron chi connectivity index (χ4n) is 2.58. The minimum atomic E-state index is -3.41. The fraction of sp³-hybridized carbons (Fsp3) is 0.211. The molecule has 3 rings (SSSR count). The Bertz CT molecular complexity index is 964. The van der Waals surface area contributed by atoms with E-state index in [1.165, 1.54) is 0 Å². The molecular formula is C19H20N2O4S. The Kier molecular flexibility index (Phi) is 5.27. The number of amides is 2. The number of hydrogen-bond donors (Lipinski definition) is 2. The van der Waals surface area contributed by atoms with Crippen LogP contribution in [0.1, 0.15) is 18.7 Å². The molecule has 2 amide bonds. The molecule has 3 aromatic rings. The van der Waals surface area contributed by atoms with Crippen LogP contribution in [0.5, 0.6) is 0 Å². The van der Waals surface area contributed by atoms with Gasteiger partial charge < -0.3 is 15.1 Å². The Morgan fingerprint density at radius 2 is 1.77 bits per heavy atom. The molecular weight excluding hydrogens is 352 g/mol. The Morgan fingerprint density at radius 3 is 2.50 bits per heavy atom. The van der Waals surface area contributed by atoms with Crippen molar-refractivity contribution in [2.45, 2.75) is 17.9 Å². The van der Waals surface area contributed by atoms with Gasteiger partial charge in [0.05, 0.1) is 16.7 Å². The maximum Gasteiger partial charge on any atom is 0.315 e. The van der Waals surface area contributed by atoms with Crippen LogP contribution in [0, 0.1) is 0 Å². The van der Waals surface area contributed by atoms with E-state index in [1.54, 1.807) is 37.3 Å². The van der Waals surface area contributed by atoms with Crippen molar-refractivity contribution >= 4 is 26.8 Å². The van der Waals surface area contributed by atoms with Gasteiger partial charge in [-0.1, -0.05) is 36.4 Å². The van der Waals surface area contributed by atoms with Gasteiger partial charge in [-0.3, -0.25) is 0 Å². The summed E-state index contributed by atoms with van der Waals surface area (Å²) < 4.78 is 30.0. The van der Waals surface area contributed by atoms with Crippen LogP contribution in [0.25, 0.3) is 11.0 Å². The first-order chi connectivity index (χ1) is 12.5. The average Bonchev–Trinajstić information content (AvgIpc) is 3.06. The van der Waals surface area contributed by atoms with E-state index in [4.69, 9.17) is 4.42 Å². The average molecular weight is 372 g/mol. The molecule has 1 unspecified atom stereocenters. The van der Waals surface area contributed by atoms with E-state index in [9.17, 15) is 13.2 Å². The van der Waals surface area contributed by atoms with Crippen LogP contribution < -0.4 is 10.6 Å². The molecule has 0 saturated heterocycles. The third-order valence-corrected chi connectivity index (χ3v) is 5.71. The molecule has 0 aliphatic heterocycles. The number of carbonyl (C=O) groups excluding carboxylic acids is 1. The van der Waals surface area contributed by atoms with Crippen molar-refractivity contribution in [3.63, 3.8) is 0 Å². The van der Waals surface area contributed by atoms with Gasteiger partial charge in [0.15, 0.2) is 9.84 Å². The number of urea groups is 1. The van der Waals surface area contributed by atoms with Crippen LogP contribution in [-0.2, 0) is 9.84 Å². The maximum absolute atomic E-state index is 12.2. The first-order valence-electron chi connectivity index (χ1n) is 8.26. The predicted octanol–water partition coefficient (Wildman–Crippen LogP) is 3.27. The molecule has 1 heterocycles. The van der Waals surface area contributed by atoms with E-state index in [1.807, 2.05) is 30.3 Å². The van der Waals surface area contributed by atoms with Gasteiger partial charge in [0, 0.05) is 11.9 Å². The maximum atomic E-state index is 12.2. The minimum Gasteiger partial charge on any atom is -0.459 e. The highest BCUT2D eigenvalue weighted by atomic mass is 32.2. The summed E-state index contributed by atoms with van der Waals surface area (Å²) in [6.45, 7) is 1.83. The summed E-state index contributed by atoms with van der Waals surface area (Å²) in [5.74, 6) is 0.474. The molecule has 2 N–H and O–H groups in total. The Labute approximate surface area is 152 Å². The second-order valence-corrected chi connectivity index (χ2v) is 8.05. The van der Waals surface area contributed by atoms with Gasteiger partial charge in [-0.05, 0) is 31.2 Å². The number of benzene rings is 2. The SMILES string of the molecule is CC(NC(=O)NCCS(=O)(=O)c1ccccc1)c1cc2ccccc2o1. The first kappa shape index (κ1) is 18.0. The molecule has 26 heavy (non-hydrogen) atoms. The molecule has 0 saturated carbocycles. The van der Waals surface area contributed by atoms with Gasteiger partial charge in [0.2, 0.25) is 0 Å². The number of carbonyl (C=O) groups is 1. The van der Waals surface area contributed by atoms with Crippen molar-refractivity contribution in [3.8, 4) is 0 Å². The molecule has 1 atom stereocenters. The molecule has 7 heteroatoms. The van der Waals surface area contributed by atoms with E-state index >= 15 is 0 Å². The lowest BCUT2D eigenvalue weighted by molar-refractivity contribution is 0.237. The summed E-state index contributed by atoms with van der Waals surface area (Å²) in [5.41, 5.74) is 0.755. The lowest BCUT2D eigenvalue weighted by Gasteiger charge is -2.12. The third kappa shape index (κ3) is 4.23. The third-order valence-electron chi connectivity index (χ3n) is 3.98. The van der Waals surface area contributed by atoms with Crippen LogP contribution in [0.3, 0.4) is 0 Å².